The van der Waals surface area contributed by atoms with Crippen molar-refractivity contribution in [3.63, 3.8) is 0 Å². The number of hydrogen-bond acceptors (Lipinski definition) is 5. The first-order valence-corrected chi connectivity index (χ1v) is 9.67. The van der Waals surface area contributed by atoms with Crippen LogP contribution in [0.5, 0.6) is 0 Å². The molecule has 9 heteroatoms. The lowest BCUT2D eigenvalue weighted by Crippen LogP contribution is -2.28. The molecule has 0 unspecified atom stereocenters. The van der Waals surface area contributed by atoms with Crippen LogP contribution in [0.25, 0.3) is 10.9 Å². The van der Waals surface area contributed by atoms with Crippen LogP contribution in [0.3, 0.4) is 0 Å². The summed E-state index contributed by atoms with van der Waals surface area (Å²) in [5.74, 6) is -0.0718. The molecule has 1 aliphatic rings. The minimum Gasteiger partial charge on any atom is -0.406 e. The highest BCUT2D eigenvalue weighted by molar-refractivity contribution is 7.92. The van der Waals surface area contributed by atoms with E-state index in [4.69, 9.17) is 4.84 Å². The Balaban J connectivity index is 1.79. The van der Waals surface area contributed by atoms with Gasteiger partial charge in [-0.3, -0.25) is 9.52 Å². The fourth-order valence-electron chi connectivity index (χ4n) is 3.03. The van der Waals surface area contributed by atoms with Crippen LogP contribution in [0.1, 0.15) is 19.7 Å². The van der Waals surface area contributed by atoms with Crippen LogP contribution in [-0.2, 0) is 16.4 Å². The Kier molecular flexibility index (Phi) is 3.74. The summed E-state index contributed by atoms with van der Waals surface area (Å²) in [6, 6.07) is 9.22. The molecule has 27 heavy (non-hydrogen) atoms. The third-order valence-electron chi connectivity index (χ3n) is 4.19. The molecule has 0 aliphatic carbocycles. The number of fused-ring (bicyclic) bond motifs is 3. The normalized spacial score (nSPS) is 15.4. The van der Waals surface area contributed by atoms with Crippen LogP contribution in [0.4, 0.5) is 10.1 Å². The number of nitrogens with one attached hydrogen (secondary N) is 1. The number of nitrogens with zero attached hydrogens (tertiary/aromatic N) is 2. The molecule has 0 amide bonds. The van der Waals surface area contributed by atoms with Crippen LogP contribution in [0, 0.1) is 5.82 Å². The fourth-order valence-corrected chi connectivity index (χ4v) is 4.11. The maximum atomic E-state index is 13.3. The van der Waals surface area contributed by atoms with Crippen LogP contribution >= 0.6 is 0 Å². The number of hydrogen-bond donors (Lipinski definition) is 1. The number of rotatable bonds is 3. The molecule has 0 atom stereocenters. The fraction of sp³-hybridized carbons (Fsp3) is 0.222. The summed E-state index contributed by atoms with van der Waals surface area (Å²) in [5.41, 5.74) is -0.505. The van der Waals surface area contributed by atoms with E-state index in [1.165, 1.54) is 41.1 Å². The maximum absolute atomic E-state index is 13.3. The van der Waals surface area contributed by atoms with Crippen LogP contribution in [-0.4, -0.2) is 23.7 Å². The maximum Gasteiger partial charge on any atom is 0.281 e. The Labute approximate surface area is 154 Å². The highest BCUT2D eigenvalue weighted by atomic mass is 32.2. The Morgan fingerprint density at radius 1 is 1.22 bits per heavy atom. The summed E-state index contributed by atoms with van der Waals surface area (Å²) in [7, 11) is -4.01. The molecule has 1 aromatic heterocycles. The third-order valence-corrected chi connectivity index (χ3v) is 5.57. The van der Waals surface area contributed by atoms with Gasteiger partial charge in [0.1, 0.15) is 11.4 Å². The molecule has 140 valence electrons. The van der Waals surface area contributed by atoms with E-state index in [1.807, 2.05) is 13.8 Å². The molecule has 0 fully saturated rings. The molecule has 0 spiro atoms. The zero-order valence-corrected chi connectivity index (χ0v) is 15.4. The first-order valence-electron chi connectivity index (χ1n) is 8.18. The van der Waals surface area contributed by atoms with Gasteiger partial charge < -0.3 is 4.84 Å². The van der Waals surface area contributed by atoms with E-state index in [0.717, 1.165) is 6.07 Å². The molecule has 0 saturated heterocycles. The minimum absolute atomic E-state index is 0.0870. The predicted octanol–water partition coefficient (Wildman–Crippen LogP) is 2.10. The predicted molar refractivity (Wildman–Crippen MR) is 97.6 cm³/mol. The number of sulfonamides is 1. The highest BCUT2D eigenvalue weighted by Gasteiger charge is 2.33. The van der Waals surface area contributed by atoms with Crippen molar-refractivity contribution in [2.75, 3.05) is 4.72 Å². The lowest BCUT2D eigenvalue weighted by molar-refractivity contribution is 0.0160. The minimum atomic E-state index is -4.01. The lowest BCUT2D eigenvalue weighted by Gasteiger charge is -2.17. The first kappa shape index (κ1) is 17.5. The van der Waals surface area contributed by atoms with E-state index >= 15 is 0 Å². The molecule has 1 N–H and O–H groups in total. The zero-order valence-electron chi connectivity index (χ0n) is 14.6. The molecular weight excluding hydrogens is 373 g/mol. The highest BCUT2D eigenvalue weighted by Crippen LogP contribution is 2.25. The molecule has 4 rings (SSSR count). The molecular formula is C18H16FN3O4S. The monoisotopic (exact) mass is 389 g/mol. The van der Waals surface area contributed by atoms with Crippen molar-refractivity contribution in [2.45, 2.75) is 30.8 Å². The summed E-state index contributed by atoms with van der Waals surface area (Å²) in [6.45, 7) is 3.75. The first-order chi connectivity index (χ1) is 12.6. The molecule has 3 aromatic rings. The van der Waals surface area contributed by atoms with Crippen molar-refractivity contribution in [1.29, 1.82) is 0 Å². The second-order valence-corrected chi connectivity index (χ2v) is 8.63. The number of benzene rings is 2. The van der Waals surface area contributed by atoms with Crippen LogP contribution in [0.15, 0.2) is 52.2 Å². The SMILES string of the molecule is CC1(C)Cc2nc(=O)c3cc(S(=O)(=O)Nc4cccc(F)c4)ccc3n2O1. The second kappa shape index (κ2) is 5.78. The largest absolute Gasteiger partial charge is 0.406 e. The molecule has 2 heterocycles. The number of anilines is 1. The van der Waals surface area contributed by atoms with E-state index in [9.17, 15) is 17.6 Å². The molecule has 2 aromatic carbocycles. The van der Waals surface area contributed by atoms with Gasteiger partial charge in [-0.1, -0.05) is 6.07 Å². The van der Waals surface area contributed by atoms with Crippen molar-refractivity contribution in [3.8, 4) is 0 Å². The molecule has 0 bridgehead atoms. The molecule has 0 saturated carbocycles. The van der Waals surface area contributed by atoms with E-state index < -0.39 is 27.0 Å². The second-order valence-electron chi connectivity index (χ2n) is 6.95. The Morgan fingerprint density at radius 3 is 2.74 bits per heavy atom. The Bertz CT molecular complexity index is 1240. The van der Waals surface area contributed by atoms with Crippen molar-refractivity contribution < 1.29 is 17.6 Å². The number of aromatic nitrogens is 2. The average molecular weight is 389 g/mol. The Hall–Kier alpha value is -2.94. The van der Waals surface area contributed by atoms with Gasteiger partial charge in [-0.05, 0) is 50.2 Å². The van der Waals surface area contributed by atoms with E-state index in [2.05, 4.69) is 9.71 Å². The van der Waals surface area contributed by atoms with E-state index in [1.54, 1.807) is 0 Å². The molecule has 0 radical (unpaired) electrons. The van der Waals surface area contributed by atoms with Crippen molar-refractivity contribution in [2.24, 2.45) is 0 Å². The standard InChI is InChI=1S/C18H16FN3O4S/c1-18(2)10-16-20-17(23)14-9-13(6-7-15(14)22(16)26-18)27(24,25)21-12-5-3-4-11(19)8-12/h3-9,21H,10H2,1-2H3. The van der Waals surface area contributed by atoms with Crippen LogP contribution in [0.2, 0.25) is 0 Å². The van der Waals surface area contributed by atoms with Gasteiger partial charge >= 0.3 is 0 Å². The quantitative estimate of drug-likeness (QED) is 0.741. The topological polar surface area (TPSA) is 90.3 Å². The van der Waals surface area contributed by atoms with Crippen molar-refractivity contribution in [1.82, 2.24) is 9.71 Å². The molecule has 1 aliphatic heterocycles. The summed E-state index contributed by atoms with van der Waals surface area (Å²) >= 11 is 0. The lowest BCUT2D eigenvalue weighted by atomic mass is 10.1. The summed E-state index contributed by atoms with van der Waals surface area (Å²) < 4.78 is 42.3. The molecule has 7 nitrogen and oxygen atoms in total. The van der Waals surface area contributed by atoms with Crippen molar-refractivity contribution in [3.05, 3.63) is 64.5 Å². The summed E-state index contributed by atoms with van der Waals surface area (Å²) in [6.07, 6.45) is 0.472. The summed E-state index contributed by atoms with van der Waals surface area (Å²) in [5, 5.41) is 0.124. The van der Waals surface area contributed by atoms with Gasteiger partial charge in [0.25, 0.3) is 15.6 Å². The van der Waals surface area contributed by atoms with Crippen molar-refractivity contribution >= 4 is 26.6 Å². The van der Waals surface area contributed by atoms with Gasteiger partial charge in [0, 0.05) is 0 Å². The van der Waals surface area contributed by atoms with Gasteiger partial charge in [-0.25, -0.2) is 12.8 Å². The van der Waals surface area contributed by atoms with Gasteiger partial charge in [0.05, 0.1) is 27.9 Å². The van der Waals surface area contributed by atoms with E-state index in [0.29, 0.717) is 17.8 Å². The zero-order chi connectivity index (χ0) is 19.4. The van der Waals surface area contributed by atoms with Crippen LogP contribution < -0.4 is 15.1 Å². The van der Waals surface area contributed by atoms with E-state index in [-0.39, 0.29) is 16.0 Å². The average Bonchev–Trinajstić information content (AvgIpc) is 2.88. The van der Waals surface area contributed by atoms with Gasteiger partial charge in [0.2, 0.25) is 0 Å². The number of halogens is 1. The third kappa shape index (κ3) is 3.14. The van der Waals surface area contributed by atoms with Gasteiger partial charge in [-0.15, -0.1) is 0 Å². The summed E-state index contributed by atoms with van der Waals surface area (Å²) in [4.78, 5) is 22.1. The Morgan fingerprint density at radius 2 is 2.00 bits per heavy atom. The smallest absolute Gasteiger partial charge is 0.281 e. The van der Waals surface area contributed by atoms with Gasteiger partial charge in [-0.2, -0.15) is 9.71 Å². The van der Waals surface area contributed by atoms with Gasteiger partial charge in [0.15, 0.2) is 5.82 Å².